The summed E-state index contributed by atoms with van der Waals surface area (Å²) < 4.78 is 11.4. The number of rotatable bonds is 7. The zero-order chi connectivity index (χ0) is 21.8. The second-order valence-corrected chi connectivity index (χ2v) is 9.98. The summed E-state index contributed by atoms with van der Waals surface area (Å²) in [6.07, 6.45) is 5.85. The highest BCUT2D eigenvalue weighted by Gasteiger charge is 2.51. The Balaban J connectivity index is 1.52. The van der Waals surface area contributed by atoms with Crippen LogP contribution in [0.4, 0.5) is 0 Å². The van der Waals surface area contributed by atoms with Gasteiger partial charge >= 0.3 is 5.97 Å². The summed E-state index contributed by atoms with van der Waals surface area (Å²) in [7, 11) is 1.59. The molecule has 2 aromatic carbocycles. The lowest BCUT2D eigenvalue weighted by Gasteiger charge is -2.43. The summed E-state index contributed by atoms with van der Waals surface area (Å²) >= 11 is 7.58. The van der Waals surface area contributed by atoms with Crippen molar-refractivity contribution in [3.63, 3.8) is 0 Å². The van der Waals surface area contributed by atoms with Crippen molar-refractivity contribution in [2.75, 3.05) is 7.11 Å². The minimum Gasteiger partial charge on any atom is -0.495 e. The minimum absolute atomic E-state index is 0.0234. The van der Waals surface area contributed by atoms with E-state index in [4.69, 9.17) is 21.1 Å². The monoisotopic (exact) mass is 458 g/mol. The zero-order valence-corrected chi connectivity index (χ0v) is 19.2. The summed E-state index contributed by atoms with van der Waals surface area (Å²) in [6.45, 7) is 0. The quantitative estimate of drug-likeness (QED) is 0.382. The van der Waals surface area contributed by atoms with Gasteiger partial charge < -0.3 is 9.47 Å². The highest BCUT2D eigenvalue weighted by Crippen LogP contribution is 2.46. The van der Waals surface area contributed by atoms with E-state index in [1.54, 1.807) is 7.11 Å². The minimum atomic E-state index is -0.785. The molecule has 2 atom stereocenters. The van der Waals surface area contributed by atoms with Crippen LogP contribution >= 0.6 is 23.4 Å². The maximum atomic E-state index is 13.2. The Labute approximate surface area is 192 Å². The van der Waals surface area contributed by atoms with E-state index in [0.29, 0.717) is 23.6 Å². The lowest BCUT2D eigenvalue weighted by atomic mass is 9.76. The van der Waals surface area contributed by atoms with Gasteiger partial charge in [0.05, 0.1) is 12.1 Å². The van der Waals surface area contributed by atoms with E-state index in [1.165, 1.54) is 11.8 Å². The fraction of sp³-hybridized carbons (Fsp3) is 0.440. The van der Waals surface area contributed by atoms with Crippen LogP contribution in [-0.4, -0.2) is 29.7 Å². The second kappa shape index (κ2) is 9.66. The van der Waals surface area contributed by atoms with Gasteiger partial charge in [0.25, 0.3) is 0 Å². The molecular formula is C25H27ClO4S. The first kappa shape index (κ1) is 22.2. The first-order valence-electron chi connectivity index (χ1n) is 10.8. The van der Waals surface area contributed by atoms with Crippen molar-refractivity contribution >= 4 is 35.1 Å². The van der Waals surface area contributed by atoms with Crippen molar-refractivity contribution in [3.8, 4) is 5.75 Å². The van der Waals surface area contributed by atoms with Gasteiger partial charge in [-0.15, -0.1) is 11.8 Å². The van der Waals surface area contributed by atoms with Crippen LogP contribution in [0, 0.1) is 5.92 Å². The molecule has 2 aliphatic rings. The van der Waals surface area contributed by atoms with E-state index in [1.807, 2.05) is 48.5 Å². The number of hydrogen-bond acceptors (Lipinski definition) is 5. The highest BCUT2D eigenvalue weighted by atomic mass is 35.5. The van der Waals surface area contributed by atoms with Gasteiger partial charge in [-0.1, -0.05) is 48.7 Å². The molecule has 0 N–H and O–H groups in total. The molecule has 6 heteroatoms. The number of ether oxygens (including phenoxy) is 2. The first-order valence-corrected chi connectivity index (χ1v) is 12.1. The van der Waals surface area contributed by atoms with Gasteiger partial charge in [0.15, 0.2) is 11.0 Å². The van der Waals surface area contributed by atoms with E-state index < -0.39 is 16.8 Å². The summed E-state index contributed by atoms with van der Waals surface area (Å²) in [4.78, 5) is 27.1. The number of hydrogen-bond donors (Lipinski definition) is 0. The summed E-state index contributed by atoms with van der Waals surface area (Å²) in [6, 6.07) is 15.3. The van der Waals surface area contributed by atoms with Crippen LogP contribution in [0.15, 0.2) is 53.4 Å². The number of halogens is 1. The molecule has 4 rings (SSSR count). The van der Waals surface area contributed by atoms with Gasteiger partial charge in [-0.05, 0) is 61.4 Å². The Bertz CT molecular complexity index is 922. The van der Waals surface area contributed by atoms with Crippen LogP contribution in [0.3, 0.4) is 0 Å². The molecule has 31 heavy (non-hydrogen) atoms. The predicted octanol–water partition coefficient (Wildman–Crippen LogP) is 5.89. The van der Waals surface area contributed by atoms with E-state index in [2.05, 4.69) is 0 Å². The molecule has 0 aromatic heterocycles. The van der Waals surface area contributed by atoms with Gasteiger partial charge in [0.2, 0.25) is 0 Å². The first-order chi connectivity index (χ1) is 15.0. The van der Waals surface area contributed by atoms with E-state index in [9.17, 15) is 9.59 Å². The number of methoxy groups -OCH3 is 1. The molecule has 1 aliphatic heterocycles. The molecule has 164 valence electrons. The normalized spacial score (nSPS) is 24.3. The molecule has 1 saturated heterocycles. The van der Waals surface area contributed by atoms with Crippen molar-refractivity contribution in [3.05, 3.63) is 59.1 Å². The Morgan fingerprint density at radius 3 is 2.52 bits per heavy atom. The Kier molecular flexibility index (Phi) is 6.92. The van der Waals surface area contributed by atoms with Gasteiger partial charge in [-0.3, -0.25) is 9.59 Å². The molecule has 1 saturated carbocycles. The number of thioether (sulfide) groups is 1. The Morgan fingerprint density at radius 1 is 1.13 bits per heavy atom. The number of carbonyl (C=O) groups is 2. The molecule has 2 fully saturated rings. The summed E-state index contributed by atoms with van der Waals surface area (Å²) in [5, 5.41) is -0.224. The van der Waals surface area contributed by atoms with Crippen LogP contribution in [0.2, 0.25) is 5.02 Å². The van der Waals surface area contributed by atoms with Crippen LogP contribution in [0.25, 0.3) is 0 Å². The molecule has 0 radical (unpaired) electrons. The lowest BCUT2D eigenvalue weighted by molar-refractivity contribution is -0.177. The fourth-order valence-corrected chi connectivity index (χ4v) is 6.03. The smallest absolute Gasteiger partial charge is 0.327 e. The number of Topliss-reactive ketones (excluding diaryl/α,β-unsaturated/α-hetero) is 1. The zero-order valence-electron chi connectivity index (χ0n) is 17.6. The molecular weight excluding hydrogens is 432 g/mol. The SMILES string of the molecule is COc1ccc(CCC2(C3CCCC3)CC(=O)C(Sc3ccccc3)C(=O)O2)cc1Cl. The number of benzene rings is 2. The predicted molar refractivity (Wildman–Crippen MR) is 123 cm³/mol. The fourth-order valence-electron chi connectivity index (χ4n) is 4.80. The number of aryl methyl sites for hydroxylation is 1. The Morgan fingerprint density at radius 2 is 1.87 bits per heavy atom. The van der Waals surface area contributed by atoms with Crippen molar-refractivity contribution in [1.29, 1.82) is 0 Å². The maximum absolute atomic E-state index is 13.2. The van der Waals surface area contributed by atoms with Crippen LogP contribution in [-0.2, 0) is 20.7 Å². The molecule has 2 aromatic rings. The molecule has 2 unspecified atom stereocenters. The van der Waals surface area contributed by atoms with Crippen molar-refractivity contribution in [1.82, 2.24) is 0 Å². The van der Waals surface area contributed by atoms with Crippen molar-refractivity contribution in [2.45, 2.75) is 60.7 Å². The third-order valence-electron chi connectivity index (χ3n) is 6.43. The number of ketones is 1. The van der Waals surface area contributed by atoms with Gasteiger partial charge in [-0.2, -0.15) is 0 Å². The third-order valence-corrected chi connectivity index (χ3v) is 7.96. The highest BCUT2D eigenvalue weighted by molar-refractivity contribution is 8.01. The van der Waals surface area contributed by atoms with Crippen molar-refractivity contribution < 1.29 is 19.1 Å². The van der Waals surface area contributed by atoms with Crippen LogP contribution < -0.4 is 4.74 Å². The van der Waals surface area contributed by atoms with Gasteiger partial charge in [0, 0.05) is 11.3 Å². The van der Waals surface area contributed by atoms with Crippen LogP contribution in [0.1, 0.15) is 44.1 Å². The number of carbonyl (C=O) groups excluding carboxylic acids is 2. The largest absolute Gasteiger partial charge is 0.495 e. The molecule has 0 spiro atoms. The molecule has 1 aliphatic carbocycles. The number of cyclic esters (lactones) is 1. The van der Waals surface area contributed by atoms with E-state index >= 15 is 0 Å². The third kappa shape index (κ3) is 4.93. The van der Waals surface area contributed by atoms with Crippen molar-refractivity contribution in [2.24, 2.45) is 5.92 Å². The molecule has 0 amide bonds. The summed E-state index contributed by atoms with van der Waals surface area (Å²) in [5.74, 6) is 0.447. The van der Waals surface area contributed by atoms with Crippen LogP contribution in [0.5, 0.6) is 5.75 Å². The average molecular weight is 459 g/mol. The van der Waals surface area contributed by atoms with Gasteiger partial charge in [-0.25, -0.2) is 0 Å². The number of esters is 1. The second-order valence-electron chi connectivity index (χ2n) is 8.39. The molecule has 0 bridgehead atoms. The summed E-state index contributed by atoms with van der Waals surface area (Å²) in [5.41, 5.74) is 0.331. The lowest BCUT2D eigenvalue weighted by Crippen LogP contribution is -2.53. The van der Waals surface area contributed by atoms with E-state index in [-0.39, 0.29) is 18.1 Å². The van der Waals surface area contributed by atoms with E-state index in [0.717, 1.165) is 36.1 Å². The Hall–Kier alpha value is -1.98. The topological polar surface area (TPSA) is 52.6 Å². The standard InChI is InChI=1S/C25H27ClO4S/c1-29-22-12-11-17(15-20(22)26)13-14-25(18-7-5-6-8-18)16-21(27)23(24(28)30-25)31-19-9-3-2-4-10-19/h2-4,9-12,15,18,23H,5-8,13-14,16H2,1H3. The maximum Gasteiger partial charge on any atom is 0.327 e. The van der Waals surface area contributed by atoms with Gasteiger partial charge in [0.1, 0.15) is 11.4 Å². The molecule has 1 heterocycles. The molecule has 4 nitrogen and oxygen atoms in total. The average Bonchev–Trinajstić information content (AvgIpc) is 3.31.